The second-order valence-electron chi connectivity index (χ2n) is 5.13. The van der Waals surface area contributed by atoms with E-state index in [9.17, 15) is 9.90 Å². The number of hydrogen-bond acceptors (Lipinski definition) is 3. The van der Waals surface area contributed by atoms with Crippen molar-refractivity contribution in [3.8, 4) is 5.75 Å². The van der Waals surface area contributed by atoms with Crippen molar-refractivity contribution in [2.75, 3.05) is 24.5 Å². The minimum Gasteiger partial charge on any atom is -0.508 e. The van der Waals surface area contributed by atoms with Gasteiger partial charge in [0.05, 0.1) is 5.41 Å². The van der Waals surface area contributed by atoms with E-state index in [-0.39, 0.29) is 17.1 Å². The smallest absolute Gasteiger partial charge is 0.234 e. The van der Waals surface area contributed by atoms with Crippen LogP contribution in [0.3, 0.4) is 0 Å². The Bertz CT molecular complexity index is 453. The number of nitrogens with zero attached hydrogens (tertiary/aromatic N) is 1. The molecule has 1 atom stereocenters. The summed E-state index contributed by atoms with van der Waals surface area (Å²) in [6.45, 7) is 6.30. The fourth-order valence-electron chi connectivity index (χ4n) is 2.77. The van der Waals surface area contributed by atoms with Gasteiger partial charge < -0.3 is 15.3 Å². The van der Waals surface area contributed by atoms with E-state index in [1.54, 1.807) is 23.1 Å². The summed E-state index contributed by atoms with van der Waals surface area (Å²) in [5.41, 5.74) is 0.480. The molecule has 0 bridgehead atoms. The van der Waals surface area contributed by atoms with Crippen LogP contribution in [0.5, 0.6) is 5.75 Å². The van der Waals surface area contributed by atoms with E-state index in [0.717, 1.165) is 31.6 Å². The normalized spacial score (nSPS) is 22.4. The van der Waals surface area contributed by atoms with Gasteiger partial charge in [-0.25, -0.2) is 0 Å². The lowest BCUT2D eigenvalue weighted by molar-refractivity contribution is -0.127. The quantitative estimate of drug-likeness (QED) is 0.874. The van der Waals surface area contributed by atoms with Crippen LogP contribution in [0.4, 0.5) is 5.69 Å². The summed E-state index contributed by atoms with van der Waals surface area (Å²) in [5.74, 6) is 0.354. The van der Waals surface area contributed by atoms with E-state index >= 15 is 0 Å². The standard InChI is InChI=1S/C15H22N2O2/c1-3-15(8-9-16-11-15)14(19)17(4-2)12-6-5-7-13(18)10-12/h5-7,10,16,18H,3-4,8-9,11H2,1-2H3. The Morgan fingerprint density at radius 2 is 2.26 bits per heavy atom. The molecule has 0 radical (unpaired) electrons. The number of hydrogen-bond donors (Lipinski definition) is 2. The number of phenolic OH excluding ortho intramolecular Hbond substituents is 1. The van der Waals surface area contributed by atoms with E-state index in [2.05, 4.69) is 12.2 Å². The summed E-state index contributed by atoms with van der Waals surface area (Å²) in [7, 11) is 0. The monoisotopic (exact) mass is 262 g/mol. The van der Waals surface area contributed by atoms with Crippen LogP contribution >= 0.6 is 0 Å². The molecule has 1 saturated heterocycles. The molecule has 0 saturated carbocycles. The first-order chi connectivity index (χ1) is 9.13. The second kappa shape index (κ2) is 5.61. The number of phenols is 1. The first kappa shape index (κ1) is 13.9. The van der Waals surface area contributed by atoms with Crippen molar-refractivity contribution in [1.82, 2.24) is 5.32 Å². The number of carbonyl (C=O) groups excluding carboxylic acids is 1. The van der Waals surface area contributed by atoms with E-state index in [1.165, 1.54) is 0 Å². The number of carbonyl (C=O) groups is 1. The lowest BCUT2D eigenvalue weighted by Gasteiger charge is -2.32. The first-order valence-corrected chi connectivity index (χ1v) is 6.94. The summed E-state index contributed by atoms with van der Waals surface area (Å²) in [4.78, 5) is 14.6. The van der Waals surface area contributed by atoms with Gasteiger partial charge in [0.2, 0.25) is 5.91 Å². The highest BCUT2D eigenvalue weighted by molar-refractivity contribution is 5.98. The van der Waals surface area contributed by atoms with Crippen molar-refractivity contribution >= 4 is 11.6 Å². The molecule has 4 nitrogen and oxygen atoms in total. The molecule has 1 fully saturated rings. The van der Waals surface area contributed by atoms with Gasteiger partial charge in [-0.2, -0.15) is 0 Å². The summed E-state index contributed by atoms with van der Waals surface area (Å²) in [6.07, 6.45) is 1.73. The predicted octanol–water partition coefficient (Wildman–Crippen LogP) is 2.13. The van der Waals surface area contributed by atoms with Crippen molar-refractivity contribution in [3.63, 3.8) is 0 Å². The van der Waals surface area contributed by atoms with E-state index in [4.69, 9.17) is 0 Å². The Morgan fingerprint density at radius 3 is 2.79 bits per heavy atom. The Morgan fingerprint density at radius 1 is 1.47 bits per heavy atom. The number of benzene rings is 1. The molecule has 0 aliphatic carbocycles. The Labute approximate surface area is 114 Å². The lowest BCUT2D eigenvalue weighted by Crippen LogP contribution is -2.45. The second-order valence-corrected chi connectivity index (χ2v) is 5.13. The van der Waals surface area contributed by atoms with Crippen molar-refractivity contribution in [2.45, 2.75) is 26.7 Å². The Balaban J connectivity index is 2.29. The average molecular weight is 262 g/mol. The predicted molar refractivity (Wildman–Crippen MR) is 76.3 cm³/mol. The van der Waals surface area contributed by atoms with Crippen LogP contribution in [0.15, 0.2) is 24.3 Å². The van der Waals surface area contributed by atoms with Gasteiger partial charge >= 0.3 is 0 Å². The molecule has 1 heterocycles. The van der Waals surface area contributed by atoms with E-state index in [1.807, 2.05) is 13.0 Å². The molecule has 1 amide bonds. The van der Waals surface area contributed by atoms with Crippen LogP contribution in [0, 0.1) is 5.41 Å². The van der Waals surface area contributed by atoms with Gasteiger partial charge in [-0.05, 0) is 38.4 Å². The minimum atomic E-state index is -0.290. The van der Waals surface area contributed by atoms with E-state index < -0.39 is 0 Å². The molecule has 1 aliphatic heterocycles. The van der Waals surface area contributed by atoms with Gasteiger partial charge in [-0.3, -0.25) is 4.79 Å². The Kier molecular flexibility index (Phi) is 4.10. The first-order valence-electron chi connectivity index (χ1n) is 6.94. The zero-order valence-corrected chi connectivity index (χ0v) is 11.6. The van der Waals surface area contributed by atoms with Crippen LogP contribution in [0.25, 0.3) is 0 Å². The molecular formula is C15H22N2O2. The molecule has 1 aliphatic rings. The van der Waals surface area contributed by atoms with Gasteiger partial charge in [-0.1, -0.05) is 13.0 Å². The highest BCUT2D eigenvalue weighted by atomic mass is 16.3. The summed E-state index contributed by atoms with van der Waals surface area (Å²) in [5, 5.41) is 12.9. The summed E-state index contributed by atoms with van der Waals surface area (Å²) < 4.78 is 0. The van der Waals surface area contributed by atoms with Crippen LogP contribution in [0.1, 0.15) is 26.7 Å². The van der Waals surface area contributed by atoms with Crippen LogP contribution in [-0.2, 0) is 4.79 Å². The highest BCUT2D eigenvalue weighted by Gasteiger charge is 2.42. The molecule has 1 aromatic carbocycles. The third-order valence-electron chi connectivity index (χ3n) is 4.08. The zero-order valence-electron chi connectivity index (χ0n) is 11.6. The van der Waals surface area contributed by atoms with Gasteiger partial charge in [0, 0.05) is 24.8 Å². The topological polar surface area (TPSA) is 52.6 Å². The fourth-order valence-corrected chi connectivity index (χ4v) is 2.77. The Hall–Kier alpha value is -1.55. The molecule has 0 spiro atoms. The van der Waals surface area contributed by atoms with Gasteiger partial charge in [0.25, 0.3) is 0 Å². The SMILES string of the molecule is CCN(C(=O)C1(CC)CCNC1)c1cccc(O)c1. The van der Waals surface area contributed by atoms with Crippen molar-refractivity contribution < 1.29 is 9.90 Å². The van der Waals surface area contributed by atoms with Crippen LogP contribution in [-0.4, -0.2) is 30.6 Å². The number of nitrogens with one attached hydrogen (secondary N) is 1. The molecule has 2 rings (SSSR count). The van der Waals surface area contributed by atoms with Crippen molar-refractivity contribution in [3.05, 3.63) is 24.3 Å². The summed E-state index contributed by atoms with van der Waals surface area (Å²) >= 11 is 0. The minimum absolute atomic E-state index is 0.160. The number of amides is 1. The van der Waals surface area contributed by atoms with Crippen molar-refractivity contribution in [1.29, 1.82) is 0 Å². The molecule has 4 heteroatoms. The van der Waals surface area contributed by atoms with Crippen molar-refractivity contribution in [2.24, 2.45) is 5.41 Å². The van der Waals surface area contributed by atoms with Crippen LogP contribution in [0.2, 0.25) is 0 Å². The molecule has 1 aromatic rings. The maximum atomic E-state index is 12.8. The van der Waals surface area contributed by atoms with E-state index in [0.29, 0.717) is 6.54 Å². The maximum absolute atomic E-state index is 12.8. The molecule has 2 N–H and O–H groups in total. The molecule has 104 valence electrons. The maximum Gasteiger partial charge on any atom is 0.234 e. The molecule has 19 heavy (non-hydrogen) atoms. The average Bonchev–Trinajstić information content (AvgIpc) is 2.89. The number of aromatic hydroxyl groups is 1. The molecular weight excluding hydrogens is 240 g/mol. The lowest BCUT2D eigenvalue weighted by atomic mass is 9.82. The molecule has 1 unspecified atom stereocenters. The van der Waals surface area contributed by atoms with Crippen LogP contribution < -0.4 is 10.2 Å². The highest BCUT2D eigenvalue weighted by Crippen LogP contribution is 2.34. The summed E-state index contributed by atoms with van der Waals surface area (Å²) in [6, 6.07) is 6.90. The zero-order chi connectivity index (χ0) is 13.9. The third kappa shape index (κ3) is 2.59. The largest absolute Gasteiger partial charge is 0.508 e. The van der Waals surface area contributed by atoms with Gasteiger partial charge in [-0.15, -0.1) is 0 Å². The number of anilines is 1. The molecule has 0 aromatic heterocycles. The van der Waals surface area contributed by atoms with Gasteiger partial charge in [0.15, 0.2) is 0 Å². The van der Waals surface area contributed by atoms with Gasteiger partial charge in [0.1, 0.15) is 5.75 Å². The third-order valence-corrected chi connectivity index (χ3v) is 4.08. The fraction of sp³-hybridized carbons (Fsp3) is 0.533. The number of rotatable bonds is 4.